The Balaban J connectivity index is 1.55. The van der Waals surface area contributed by atoms with Gasteiger partial charge in [-0.3, -0.25) is 9.69 Å². The summed E-state index contributed by atoms with van der Waals surface area (Å²) in [5.41, 5.74) is 13.3. The average Bonchev–Trinajstić information content (AvgIpc) is 2.98. The molecule has 43 heavy (non-hydrogen) atoms. The molecule has 9 heteroatoms. The van der Waals surface area contributed by atoms with E-state index in [1.807, 2.05) is 66.7 Å². The molecule has 4 aromatic carbocycles. The van der Waals surface area contributed by atoms with Gasteiger partial charge >= 0.3 is 6.09 Å². The quantitative estimate of drug-likeness (QED) is 0.217. The molecular formula is C34H39N3O5S. The number of fused-ring (bicyclic) bond motifs is 1. The molecule has 0 fully saturated rings. The van der Waals surface area contributed by atoms with Crippen LogP contribution in [0.15, 0.2) is 102 Å². The number of amides is 1. The largest absolute Gasteiger partial charge is 0.443 e. The molecule has 0 saturated heterocycles. The van der Waals surface area contributed by atoms with E-state index in [0.717, 1.165) is 16.3 Å². The zero-order valence-electron chi connectivity index (χ0n) is 24.9. The minimum Gasteiger partial charge on any atom is -0.443 e. The van der Waals surface area contributed by atoms with E-state index < -0.39 is 39.0 Å². The van der Waals surface area contributed by atoms with E-state index in [9.17, 15) is 18.0 Å². The van der Waals surface area contributed by atoms with Crippen molar-refractivity contribution in [2.45, 2.75) is 68.5 Å². The van der Waals surface area contributed by atoms with E-state index >= 15 is 0 Å². The number of aryl methyl sites for hydroxylation is 1. The van der Waals surface area contributed by atoms with E-state index in [4.69, 9.17) is 16.2 Å². The number of nitrogens with two attached hydrogens (primary N) is 2. The van der Waals surface area contributed by atoms with Crippen LogP contribution in [0.4, 0.5) is 10.5 Å². The lowest BCUT2D eigenvalue weighted by Crippen LogP contribution is -2.47. The number of hydrogen-bond acceptors (Lipinski definition) is 7. The van der Waals surface area contributed by atoms with E-state index in [2.05, 4.69) is 0 Å². The minimum absolute atomic E-state index is 0.0297. The van der Waals surface area contributed by atoms with Crippen LogP contribution in [-0.2, 0) is 21.0 Å². The van der Waals surface area contributed by atoms with Gasteiger partial charge in [-0.15, -0.1) is 0 Å². The summed E-state index contributed by atoms with van der Waals surface area (Å²) in [5, 5.41) is 0.581. The summed E-state index contributed by atoms with van der Waals surface area (Å²) in [6, 6.07) is 26.7. The maximum atomic E-state index is 13.7. The van der Waals surface area contributed by atoms with Crippen molar-refractivity contribution in [2.24, 2.45) is 11.5 Å². The number of sulfone groups is 1. The number of rotatable bonds is 10. The second-order valence-corrected chi connectivity index (χ2v) is 13.7. The number of Topliss-reactive ketones (excluding diaryl/α,β-unsaturated/α-hetero) is 1. The molecule has 1 amide bonds. The predicted octanol–water partition coefficient (Wildman–Crippen LogP) is 5.87. The van der Waals surface area contributed by atoms with Crippen molar-refractivity contribution in [3.05, 3.63) is 108 Å². The third-order valence-electron chi connectivity index (χ3n) is 7.22. The number of nitrogens with zero attached hydrogens (tertiary/aromatic N) is 1. The summed E-state index contributed by atoms with van der Waals surface area (Å²) >= 11 is 0. The molecule has 4 aromatic rings. The number of carbonyl (C=O) groups is 2. The lowest BCUT2D eigenvalue weighted by Gasteiger charge is -2.31. The number of ketones is 1. The molecule has 0 spiro atoms. The summed E-state index contributed by atoms with van der Waals surface area (Å²) in [5.74, 6) is -0.383. The highest BCUT2D eigenvalue weighted by Crippen LogP contribution is 2.27. The smallest absolute Gasteiger partial charge is 0.415 e. The van der Waals surface area contributed by atoms with Crippen molar-refractivity contribution in [1.29, 1.82) is 0 Å². The Bertz CT molecular complexity index is 1680. The molecule has 0 aliphatic rings. The average molecular weight is 602 g/mol. The molecule has 4 rings (SSSR count). The summed E-state index contributed by atoms with van der Waals surface area (Å²) in [6.07, 6.45) is 0.327. The number of benzene rings is 4. The van der Waals surface area contributed by atoms with Gasteiger partial charge < -0.3 is 16.2 Å². The Labute approximate surface area is 253 Å². The van der Waals surface area contributed by atoms with Gasteiger partial charge in [0, 0.05) is 17.3 Å². The van der Waals surface area contributed by atoms with Crippen molar-refractivity contribution in [3.63, 3.8) is 0 Å². The first-order chi connectivity index (χ1) is 20.3. The maximum Gasteiger partial charge on any atom is 0.415 e. The van der Waals surface area contributed by atoms with Crippen molar-refractivity contribution < 1.29 is 22.7 Å². The molecule has 226 valence electrons. The molecule has 0 radical (unpaired) electrons. The van der Waals surface area contributed by atoms with Gasteiger partial charge in [-0.05, 0) is 81.1 Å². The molecule has 0 aromatic heterocycles. The number of ether oxygens (including phenoxy) is 1. The van der Waals surface area contributed by atoms with Gasteiger partial charge in [-0.1, -0.05) is 72.8 Å². The SMILES string of the molecule is C[C@@H](C(=O)c1ccc(S(=O)(=O)C(N)C(N)CCc2ccccc2)cc1)N(C(=O)OC(C)(C)C)c1ccc2ccccc2c1. The normalized spacial score (nSPS) is 14.1. The molecule has 0 saturated carbocycles. The van der Waals surface area contributed by atoms with Crippen molar-refractivity contribution in [3.8, 4) is 0 Å². The fourth-order valence-corrected chi connectivity index (χ4v) is 6.25. The van der Waals surface area contributed by atoms with Crippen LogP contribution in [0.5, 0.6) is 0 Å². The summed E-state index contributed by atoms with van der Waals surface area (Å²) in [6.45, 7) is 6.89. The topological polar surface area (TPSA) is 133 Å². The van der Waals surface area contributed by atoms with Crippen LogP contribution in [-0.4, -0.2) is 43.4 Å². The van der Waals surface area contributed by atoms with Gasteiger partial charge in [-0.25, -0.2) is 13.2 Å². The predicted molar refractivity (Wildman–Crippen MR) is 171 cm³/mol. The van der Waals surface area contributed by atoms with Crippen LogP contribution in [0.2, 0.25) is 0 Å². The molecule has 4 N–H and O–H groups in total. The Morgan fingerprint density at radius 3 is 2.07 bits per heavy atom. The highest BCUT2D eigenvalue weighted by atomic mass is 32.2. The third kappa shape index (κ3) is 7.67. The molecule has 3 atom stereocenters. The van der Waals surface area contributed by atoms with Crippen LogP contribution in [0.1, 0.15) is 50.0 Å². The Kier molecular flexibility index (Phi) is 9.69. The standard InChI is InChI=1S/C34H39N3O5S/c1-23(37(33(39)42-34(2,3)4)28-18-15-25-12-8-9-13-27(25)22-28)31(38)26-16-19-29(20-17-26)43(40,41)32(36)30(35)21-14-24-10-6-5-7-11-24/h5-13,15-20,22-23,30,32H,14,21,35-36H2,1-4H3/t23-,30?,32?/m0/s1. The highest BCUT2D eigenvalue weighted by Gasteiger charge is 2.33. The van der Waals surface area contributed by atoms with Crippen molar-refractivity contribution in [1.82, 2.24) is 0 Å². The van der Waals surface area contributed by atoms with E-state index in [0.29, 0.717) is 18.5 Å². The Hall–Kier alpha value is -4.05. The monoisotopic (exact) mass is 601 g/mol. The van der Waals surface area contributed by atoms with Crippen molar-refractivity contribution in [2.75, 3.05) is 4.90 Å². The van der Waals surface area contributed by atoms with Gasteiger partial charge in [0.15, 0.2) is 15.6 Å². The molecule has 2 unspecified atom stereocenters. The molecule has 0 aliphatic carbocycles. The first-order valence-corrected chi connectivity index (χ1v) is 15.8. The molecule has 0 aliphatic heterocycles. The Morgan fingerprint density at radius 1 is 0.837 bits per heavy atom. The second kappa shape index (κ2) is 13.1. The van der Waals surface area contributed by atoms with Crippen LogP contribution >= 0.6 is 0 Å². The van der Waals surface area contributed by atoms with E-state index in [-0.39, 0.29) is 16.2 Å². The van der Waals surface area contributed by atoms with Gasteiger partial charge in [0.1, 0.15) is 17.0 Å². The van der Waals surface area contributed by atoms with E-state index in [1.165, 1.54) is 29.2 Å². The zero-order valence-corrected chi connectivity index (χ0v) is 25.8. The molecule has 0 heterocycles. The zero-order chi connectivity index (χ0) is 31.4. The van der Waals surface area contributed by atoms with Gasteiger partial charge in [0.2, 0.25) is 0 Å². The summed E-state index contributed by atoms with van der Waals surface area (Å²) in [7, 11) is -3.96. The van der Waals surface area contributed by atoms with E-state index in [1.54, 1.807) is 33.8 Å². The van der Waals surface area contributed by atoms with Crippen LogP contribution in [0.3, 0.4) is 0 Å². The Morgan fingerprint density at radius 2 is 1.44 bits per heavy atom. The highest BCUT2D eigenvalue weighted by molar-refractivity contribution is 7.92. The minimum atomic E-state index is -3.96. The third-order valence-corrected chi connectivity index (χ3v) is 9.22. The first kappa shape index (κ1) is 31.9. The fraction of sp³-hybridized carbons (Fsp3) is 0.294. The lowest BCUT2D eigenvalue weighted by atomic mass is 10.0. The van der Waals surface area contributed by atoms with Crippen LogP contribution in [0, 0.1) is 0 Å². The number of anilines is 1. The van der Waals surface area contributed by atoms with Gasteiger partial charge in [0.05, 0.1) is 4.90 Å². The molecular weight excluding hydrogens is 562 g/mol. The van der Waals surface area contributed by atoms with Crippen LogP contribution < -0.4 is 16.4 Å². The fourth-order valence-electron chi connectivity index (χ4n) is 4.82. The number of carbonyl (C=O) groups excluding carboxylic acids is 2. The second-order valence-electron chi connectivity index (χ2n) is 11.6. The molecule has 0 bridgehead atoms. The van der Waals surface area contributed by atoms with Gasteiger partial charge in [0.25, 0.3) is 0 Å². The first-order valence-electron chi connectivity index (χ1n) is 14.2. The number of hydrogen-bond donors (Lipinski definition) is 2. The summed E-state index contributed by atoms with van der Waals surface area (Å²) in [4.78, 5) is 28.4. The lowest BCUT2D eigenvalue weighted by molar-refractivity contribution is 0.0557. The maximum absolute atomic E-state index is 13.7. The van der Waals surface area contributed by atoms with Crippen LogP contribution in [0.25, 0.3) is 10.8 Å². The van der Waals surface area contributed by atoms with Crippen molar-refractivity contribution >= 4 is 38.2 Å². The summed E-state index contributed by atoms with van der Waals surface area (Å²) < 4.78 is 32.2. The van der Waals surface area contributed by atoms with Gasteiger partial charge in [-0.2, -0.15) is 0 Å². The molecule has 8 nitrogen and oxygen atoms in total.